The fraction of sp³-hybridized carbons (Fsp3) is 0.0714. The van der Waals surface area contributed by atoms with Crippen molar-refractivity contribution < 1.29 is 4.42 Å². The number of amidine groups is 1. The number of furan rings is 1. The number of aliphatic imine (C=N–C) groups is 2. The van der Waals surface area contributed by atoms with Gasteiger partial charge < -0.3 is 8.98 Å². The average molecular weight is 800 g/mol. The molecule has 13 rings (SSSR count). The molecule has 0 atom stereocenters. The van der Waals surface area contributed by atoms with Gasteiger partial charge in [0.2, 0.25) is 0 Å². The van der Waals surface area contributed by atoms with Crippen molar-refractivity contribution >= 4 is 108 Å². The van der Waals surface area contributed by atoms with Crippen molar-refractivity contribution in [2.75, 3.05) is 0 Å². The van der Waals surface area contributed by atoms with E-state index >= 15 is 0 Å². The Morgan fingerprint density at radius 3 is 2.21 bits per heavy atom. The maximum atomic E-state index is 7.14. The number of hydrogen-bond donors (Lipinski definition) is 0. The molecule has 1 aliphatic heterocycles. The SMILES string of the molecule is C1=CCCC(C2=C/CC/C(c3ccc4c(oc5ccc6ccccc6c54)c3-n3c4ccccc4c4cc5ccccc5cc43)=N/C(c3ccc4c(c3)sc3ccccc34)=N\2)=C1. The topological polar surface area (TPSA) is 42.8 Å². The Balaban J connectivity index is 1.12. The molecule has 0 unspecified atom stereocenters. The molecule has 8 aromatic carbocycles. The highest BCUT2D eigenvalue weighted by atomic mass is 32.1. The Morgan fingerprint density at radius 2 is 1.33 bits per heavy atom. The van der Waals surface area contributed by atoms with Crippen LogP contribution in [0.1, 0.15) is 36.8 Å². The number of hydrogen-bond acceptors (Lipinski definition) is 4. The van der Waals surface area contributed by atoms with E-state index in [0.717, 1.165) is 92.7 Å². The minimum atomic E-state index is 0.727. The maximum absolute atomic E-state index is 7.14. The molecule has 5 heteroatoms. The first-order valence-corrected chi connectivity index (χ1v) is 22.0. The van der Waals surface area contributed by atoms with Gasteiger partial charge in [-0.15, -0.1) is 11.3 Å². The molecule has 288 valence electrons. The summed E-state index contributed by atoms with van der Waals surface area (Å²) in [6, 6.07) is 55.1. The second kappa shape index (κ2) is 13.6. The molecule has 2 aliphatic rings. The van der Waals surface area contributed by atoms with Crippen LogP contribution in [-0.2, 0) is 0 Å². The van der Waals surface area contributed by atoms with Gasteiger partial charge in [0.25, 0.3) is 0 Å². The van der Waals surface area contributed by atoms with Gasteiger partial charge in [0.05, 0.1) is 28.1 Å². The molecule has 0 fully saturated rings. The van der Waals surface area contributed by atoms with Crippen LogP contribution >= 0.6 is 11.3 Å². The number of benzene rings is 8. The fourth-order valence-electron chi connectivity index (χ4n) is 9.87. The minimum absolute atomic E-state index is 0.727. The Hall–Kier alpha value is -7.34. The molecule has 3 aromatic heterocycles. The van der Waals surface area contributed by atoms with Gasteiger partial charge in [0.15, 0.2) is 11.4 Å². The van der Waals surface area contributed by atoms with Crippen LogP contribution in [0, 0.1) is 0 Å². The first kappa shape index (κ1) is 34.5. The Bertz CT molecular complexity index is 3830. The summed E-state index contributed by atoms with van der Waals surface area (Å²) < 4.78 is 12.1. The number of allylic oxidation sites excluding steroid dienone is 5. The molecule has 4 nitrogen and oxygen atoms in total. The van der Waals surface area contributed by atoms with Gasteiger partial charge in [-0.2, -0.15) is 0 Å². The zero-order valence-corrected chi connectivity index (χ0v) is 34.0. The summed E-state index contributed by atoms with van der Waals surface area (Å²) in [5.74, 6) is 0.727. The summed E-state index contributed by atoms with van der Waals surface area (Å²) in [6.07, 6.45) is 12.5. The zero-order valence-electron chi connectivity index (χ0n) is 33.2. The smallest absolute Gasteiger partial charge is 0.160 e. The van der Waals surface area contributed by atoms with Gasteiger partial charge in [-0.1, -0.05) is 133 Å². The van der Waals surface area contributed by atoms with Crippen molar-refractivity contribution in [3.63, 3.8) is 0 Å². The predicted octanol–water partition coefficient (Wildman–Crippen LogP) is 15.5. The van der Waals surface area contributed by atoms with E-state index in [0.29, 0.717) is 0 Å². The van der Waals surface area contributed by atoms with Crippen molar-refractivity contribution in [2.24, 2.45) is 9.98 Å². The maximum Gasteiger partial charge on any atom is 0.160 e. The van der Waals surface area contributed by atoms with E-state index in [1.54, 1.807) is 0 Å². The van der Waals surface area contributed by atoms with Crippen LogP contribution in [0.3, 0.4) is 0 Å². The molecule has 11 aromatic rings. The normalized spacial score (nSPS) is 17.5. The number of rotatable bonds is 4. The first-order valence-electron chi connectivity index (χ1n) is 21.2. The van der Waals surface area contributed by atoms with Gasteiger partial charge in [-0.05, 0) is 95.3 Å². The summed E-state index contributed by atoms with van der Waals surface area (Å²) in [6.45, 7) is 0. The van der Waals surface area contributed by atoms with E-state index in [1.807, 2.05) is 11.3 Å². The predicted molar refractivity (Wildman–Crippen MR) is 259 cm³/mol. The summed E-state index contributed by atoms with van der Waals surface area (Å²) >= 11 is 1.83. The highest BCUT2D eigenvalue weighted by Crippen LogP contribution is 2.43. The second-order valence-corrected chi connectivity index (χ2v) is 17.3. The third-order valence-corrected chi connectivity index (χ3v) is 13.9. The van der Waals surface area contributed by atoms with Crippen LogP contribution in [0.15, 0.2) is 202 Å². The summed E-state index contributed by atoms with van der Waals surface area (Å²) in [7, 11) is 0. The van der Waals surface area contributed by atoms with Crippen LogP contribution in [0.5, 0.6) is 0 Å². The lowest BCUT2D eigenvalue weighted by Gasteiger charge is -2.19. The van der Waals surface area contributed by atoms with Gasteiger partial charge in [-0.25, -0.2) is 9.98 Å². The van der Waals surface area contributed by atoms with Crippen molar-refractivity contribution in [3.05, 3.63) is 198 Å². The molecule has 0 N–H and O–H groups in total. The number of para-hydroxylation sites is 1. The van der Waals surface area contributed by atoms with Crippen LogP contribution in [0.2, 0.25) is 0 Å². The molecule has 61 heavy (non-hydrogen) atoms. The van der Waals surface area contributed by atoms with Crippen LogP contribution in [-0.4, -0.2) is 16.1 Å². The summed E-state index contributed by atoms with van der Waals surface area (Å²) in [4.78, 5) is 11.2. The second-order valence-electron chi connectivity index (χ2n) is 16.3. The van der Waals surface area contributed by atoms with E-state index in [9.17, 15) is 0 Å². The van der Waals surface area contributed by atoms with E-state index < -0.39 is 0 Å². The molecule has 0 saturated carbocycles. The van der Waals surface area contributed by atoms with E-state index in [1.165, 1.54) is 58.1 Å². The Morgan fingerprint density at radius 1 is 0.557 bits per heavy atom. The molecular weight excluding hydrogens is 763 g/mol. The summed E-state index contributed by atoms with van der Waals surface area (Å²) in [5, 5.41) is 12.0. The minimum Gasteiger partial charge on any atom is -0.454 e. The van der Waals surface area contributed by atoms with Crippen LogP contribution < -0.4 is 0 Å². The largest absolute Gasteiger partial charge is 0.454 e. The molecule has 0 saturated heterocycles. The number of thiophene rings is 1. The number of fused-ring (bicyclic) bond motifs is 12. The Labute approximate surface area is 355 Å². The third-order valence-electron chi connectivity index (χ3n) is 12.7. The monoisotopic (exact) mass is 799 g/mol. The molecule has 0 radical (unpaired) electrons. The van der Waals surface area contributed by atoms with Crippen molar-refractivity contribution in [3.8, 4) is 5.69 Å². The molecular formula is C56H37N3OS. The summed E-state index contributed by atoms with van der Waals surface area (Å²) in [5.41, 5.74) is 10.3. The first-order chi connectivity index (χ1) is 30.2. The van der Waals surface area contributed by atoms with Gasteiger partial charge >= 0.3 is 0 Å². The Kier molecular flexibility index (Phi) is 7.69. The molecule has 0 spiro atoms. The number of aromatic nitrogens is 1. The lowest BCUT2D eigenvalue weighted by molar-refractivity contribution is 0.666. The van der Waals surface area contributed by atoms with Gasteiger partial charge in [0.1, 0.15) is 5.58 Å². The fourth-order valence-corrected chi connectivity index (χ4v) is 11.0. The standard InChI is InChI=1S/C56H37N3OS/c1-2-14-35(15-3-1)46-21-12-22-47(58-56(57-46)38-25-27-42-41-20-9-11-24-51(41)61-52(42)33-38)43-28-29-44-53-39-18-7-6-13-34(39)26-30-50(53)60-55(44)54(43)59-48-23-10-8-19-40(48)45-31-36-16-4-5-17-37(36)32-49(45)59/h1-2,4-11,13-14,16-21,23-33H,3,12,15,22H2/b46-21-,57-56-,58-47-. The molecule has 0 amide bonds. The third kappa shape index (κ3) is 5.44. The molecule has 1 aliphatic carbocycles. The lowest BCUT2D eigenvalue weighted by Crippen LogP contribution is -2.13. The van der Waals surface area contributed by atoms with Crippen molar-refractivity contribution in [1.82, 2.24) is 4.57 Å². The number of nitrogens with zero attached hydrogens (tertiary/aromatic N) is 3. The van der Waals surface area contributed by atoms with Crippen molar-refractivity contribution in [2.45, 2.75) is 25.7 Å². The van der Waals surface area contributed by atoms with Gasteiger partial charge in [0, 0.05) is 52.8 Å². The highest BCUT2D eigenvalue weighted by molar-refractivity contribution is 7.25. The quantitative estimate of drug-likeness (QED) is 0.175. The highest BCUT2D eigenvalue weighted by Gasteiger charge is 2.25. The van der Waals surface area contributed by atoms with Crippen LogP contribution in [0.4, 0.5) is 0 Å². The lowest BCUT2D eigenvalue weighted by atomic mass is 9.96. The van der Waals surface area contributed by atoms with E-state index in [-0.39, 0.29) is 0 Å². The average Bonchev–Trinajstić information content (AvgIpc) is 3.98. The zero-order chi connectivity index (χ0) is 40.0. The van der Waals surface area contributed by atoms with Crippen LogP contribution in [0.25, 0.3) is 91.1 Å². The van der Waals surface area contributed by atoms with Crippen molar-refractivity contribution in [1.29, 1.82) is 0 Å². The van der Waals surface area contributed by atoms with Gasteiger partial charge in [-0.3, -0.25) is 0 Å². The molecule has 4 heterocycles. The molecule has 0 bridgehead atoms. The van der Waals surface area contributed by atoms with E-state index in [4.69, 9.17) is 14.4 Å². The van der Waals surface area contributed by atoms with E-state index in [2.05, 4.69) is 181 Å².